The van der Waals surface area contributed by atoms with Gasteiger partial charge in [-0.15, -0.1) is 11.3 Å². The quantitative estimate of drug-likeness (QED) is 0.703. The minimum absolute atomic E-state index is 0.00887. The fourth-order valence-electron chi connectivity index (χ4n) is 3.33. The first-order valence-electron chi connectivity index (χ1n) is 8.73. The summed E-state index contributed by atoms with van der Waals surface area (Å²) in [5.74, 6) is 0.980. The molecule has 0 bridgehead atoms. The normalized spacial score (nSPS) is 17.5. The number of hydrogen-bond donors (Lipinski definition) is 0. The van der Waals surface area contributed by atoms with Crippen molar-refractivity contribution in [2.75, 3.05) is 6.54 Å². The van der Waals surface area contributed by atoms with Crippen LogP contribution in [0.3, 0.4) is 0 Å². The highest BCUT2D eigenvalue weighted by molar-refractivity contribution is 7.17. The third kappa shape index (κ3) is 2.94. The summed E-state index contributed by atoms with van der Waals surface area (Å²) >= 11 is 1.35. The van der Waals surface area contributed by atoms with Crippen LogP contribution < -0.4 is 5.56 Å². The zero-order valence-electron chi connectivity index (χ0n) is 14.7. The highest BCUT2D eigenvalue weighted by atomic mass is 32.1. The molecule has 7 nitrogen and oxygen atoms in total. The zero-order valence-corrected chi connectivity index (χ0v) is 15.5. The van der Waals surface area contributed by atoms with E-state index in [1.165, 1.54) is 22.2 Å². The van der Waals surface area contributed by atoms with E-state index < -0.39 is 0 Å². The van der Waals surface area contributed by atoms with Crippen molar-refractivity contribution in [3.05, 3.63) is 45.6 Å². The molecule has 26 heavy (non-hydrogen) atoms. The summed E-state index contributed by atoms with van der Waals surface area (Å²) in [4.78, 5) is 31.4. The highest BCUT2D eigenvalue weighted by Crippen LogP contribution is 2.32. The number of rotatable bonds is 4. The van der Waals surface area contributed by atoms with Crippen LogP contribution >= 0.6 is 11.3 Å². The van der Waals surface area contributed by atoms with Crippen molar-refractivity contribution in [2.45, 2.75) is 45.2 Å². The first-order chi connectivity index (χ1) is 12.5. The standard InChI is InChI=1S/C18H20N4O3S/c1-11(2)15-8-13(20-25-15)14-4-3-6-22(14)16(23)9-21-10-19-12-5-7-26-17(12)18(21)24/h5,7-8,10-11,14H,3-4,6,9H2,1-2H3/t14-/m1/s1. The van der Waals surface area contributed by atoms with Crippen LogP contribution in [0.4, 0.5) is 0 Å². The van der Waals surface area contributed by atoms with E-state index in [0.717, 1.165) is 24.3 Å². The Morgan fingerprint density at radius 3 is 3.08 bits per heavy atom. The Balaban J connectivity index is 1.56. The zero-order chi connectivity index (χ0) is 18.3. The number of aromatic nitrogens is 3. The molecule has 1 aliphatic heterocycles. The Kier molecular flexibility index (Phi) is 4.36. The second kappa shape index (κ2) is 6.68. The Labute approximate surface area is 154 Å². The van der Waals surface area contributed by atoms with Gasteiger partial charge in [-0.25, -0.2) is 4.98 Å². The van der Waals surface area contributed by atoms with Crippen LogP contribution in [-0.4, -0.2) is 32.1 Å². The molecule has 0 spiro atoms. The van der Waals surface area contributed by atoms with Crippen molar-refractivity contribution in [1.82, 2.24) is 19.6 Å². The van der Waals surface area contributed by atoms with Crippen LogP contribution in [0, 0.1) is 0 Å². The van der Waals surface area contributed by atoms with Crippen LogP contribution in [0.15, 0.2) is 33.2 Å². The van der Waals surface area contributed by atoms with Crippen LogP contribution in [0.1, 0.15) is 50.1 Å². The monoisotopic (exact) mass is 372 g/mol. The van der Waals surface area contributed by atoms with E-state index in [4.69, 9.17) is 4.52 Å². The molecule has 0 radical (unpaired) electrons. The predicted octanol–water partition coefficient (Wildman–Crippen LogP) is 2.93. The largest absolute Gasteiger partial charge is 0.361 e. The van der Waals surface area contributed by atoms with E-state index in [9.17, 15) is 9.59 Å². The third-order valence-electron chi connectivity index (χ3n) is 4.77. The summed E-state index contributed by atoms with van der Waals surface area (Å²) in [6.45, 7) is 4.74. The second-order valence-electron chi connectivity index (χ2n) is 6.87. The number of hydrogen-bond acceptors (Lipinski definition) is 6. The van der Waals surface area contributed by atoms with Crippen molar-refractivity contribution in [3.63, 3.8) is 0 Å². The maximum absolute atomic E-state index is 12.8. The van der Waals surface area contributed by atoms with Gasteiger partial charge in [0.25, 0.3) is 5.56 Å². The van der Waals surface area contributed by atoms with Crippen molar-refractivity contribution < 1.29 is 9.32 Å². The topological polar surface area (TPSA) is 81.2 Å². The molecule has 136 valence electrons. The van der Waals surface area contributed by atoms with Crippen LogP contribution in [-0.2, 0) is 11.3 Å². The maximum Gasteiger partial charge on any atom is 0.271 e. The number of carbonyl (C=O) groups excluding carboxylic acids is 1. The molecular weight excluding hydrogens is 352 g/mol. The van der Waals surface area contributed by atoms with Gasteiger partial charge in [-0.3, -0.25) is 14.2 Å². The predicted molar refractivity (Wildman–Crippen MR) is 98.2 cm³/mol. The summed E-state index contributed by atoms with van der Waals surface area (Å²) < 4.78 is 7.36. The highest BCUT2D eigenvalue weighted by Gasteiger charge is 2.32. The fourth-order valence-corrected chi connectivity index (χ4v) is 4.13. The van der Waals surface area contributed by atoms with Gasteiger partial charge in [-0.2, -0.15) is 0 Å². The van der Waals surface area contributed by atoms with Crippen molar-refractivity contribution in [1.29, 1.82) is 0 Å². The first-order valence-corrected chi connectivity index (χ1v) is 9.61. The number of likely N-dealkylation sites (tertiary alicyclic amines) is 1. The lowest BCUT2D eigenvalue weighted by Crippen LogP contribution is -2.36. The fraction of sp³-hybridized carbons (Fsp3) is 0.444. The summed E-state index contributed by atoms with van der Waals surface area (Å²) in [7, 11) is 0. The van der Waals surface area contributed by atoms with Crippen molar-refractivity contribution >= 4 is 27.5 Å². The average molecular weight is 372 g/mol. The van der Waals surface area contributed by atoms with Crippen molar-refractivity contribution in [2.24, 2.45) is 0 Å². The van der Waals surface area contributed by atoms with E-state index in [1.54, 1.807) is 11.0 Å². The van der Waals surface area contributed by atoms with E-state index in [-0.39, 0.29) is 30.0 Å². The van der Waals surface area contributed by atoms with Gasteiger partial charge in [0.1, 0.15) is 22.7 Å². The van der Waals surface area contributed by atoms with E-state index in [2.05, 4.69) is 10.1 Å². The van der Waals surface area contributed by atoms with Crippen LogP contribution in [0.5, 0.6) is 0 Å². The smallest absolute Gasteiger partial charge is 0.271 e. The molecule has 0 unspecified atom stereocenters. The number of thiophene rings is 1. The Morgan fingerprint density at radius 1 is 1.46 bits per heavy atom. The van der Waals surface area contributed by atoms with Gasteiger partial charge in [-0.05, 0) is 24.3 Å². The Hall–Kier alpha value is -2.48. The van der Waals surface area contributed by atoms with E-state index in [0.29, 0.717) is 16.8 Å². The number of nitrogens with zero attached hydrogens (tertiary/aromatic N) is 4. The lowest BCUT2D eigenvalue weighted by molar-refractivity contribution is -0.132. The minimum atomic E-state index is -0.169. The molecule has 1 fully saturated rings. The molecule has 4 rings (SSSR count). The molecule has 0 saturated carbocycles. The van der Waals surface area contributed by atoms with Gasteiger partial charge in [0, 0.05) is 18.5 Å². The number of carbonyl (C=O) groups is 1. The summed E-state index contributed by atoms with van der Waals surface area (Å²) in [6.07, 6.45) is 3.22. The van der Waals surface area contributed by atoms with Gasteiger partial charge in [-0.1, -0.05) is 19.0 Å². The Morgan fingerprint density at radius 2 is 2.31 bits per heavy atom. The molecule has 8 heteroatoms. The van der Waals surface area contributed by atoms with Gasteiger partial charge >= 0.3 is 0 Å². The van der Waals surface area contributed by atoms with Gasteiger partial charge in [0.15, 0.2) is 0 Å². The summed E-state index contributed by atoms with van der Waals surface area (Å²) in [6, 6.07) is 3.65. The lowest BCUT2D eigenvalue weighted by Gasteiger charge is -2.23. The van der Waals surface area contributed by atoms with E-state index >= 15 is 0 Å². The second-order valence-corrected chi connectivity index (χ2v) is 7.78. The molecule has 1 atom stereocenters. The maximum atomic E-state index is 12.8. The molecule has 3 aromatic heterocycles. The molecule has 1 aliphatic rings. The molecule has 0 aromatic carbocycles. The Bertz CT molecular complexity index is 1000. The lowest BCUT2D eigenvalue weighted by atomic mass is 10.1. The SMILES string of the molecule is CC(C)c1cc([C@H]2CCCN2C(=O)Cn2cnc3ccsc3c2=O)no1. The molecular formula is C18H20N4O3S. The molecule has 1 saturated heterocycles. The molecule has 4 heterocycles. The van der Waals surface area contributed by atoms with Crippen LogP contribution in [0.25, 0.3) is 10.2 Å². The third-order valence-corrected chi connectivity index (χ3v) is 5.66. The summed E-state index contributed by atoms with van der Waals surface area (Å²) in [5.41, 5.74) is 1.29. The van der Waals surface area contributed by atoms with Gasteiger partial charge in [0.2, 0.25) is 5.91 Å². The first kappa shape index (κ1) is 17.0. The summed E-state index contributed by atoms with van der Waals surface area (Å²) in [5, 5.41) is 5.99. The van der Waals surface area contributed by atoms with Crippen molar-refractivity contribution in [3.8, 4) is 0 Å². The average Bonchev–Trinajstić information content (AvgIpc) is 3.36. The van der Waals surface area contributed by atoms with E-state index in [1.807, 2.05) is 25.3 Å². The number of amides is 1. The molecule has 0 aliphatic carbocycles. The minimum Gasteiger partial charge on any atom is -0.361 e. The van der Waals surface area contributed by atoms with Gasteiger partial charge in [0.05, 0.1) is 17.9 Å². The molecule has 1 amide bonds. The molecule has 3 aromatic rings. The van der Waals surface area contributed by atoms with Gasteiger partial charge < -0.3 is 9.42 Å². The number of fused-ring (bicyclic) bond motifs is 1. The molecule has 0 N–H and O–H groups in total. The van der Waals surface area contributed by atoms with Crippen LogP contribution in [0.2, 0.25) is 0 Å².